The van der Waals surface area contributed by atoms with E-state index < -0.39 is 16.0 Å². The van der Waals surface area contributed by atoms with Gasteiger partial charge in [0.15, 0.2) is 5.03 Å². The Balaban J connectivity index is 1.59. The lowest BCUT2D eigenvalue weighted by Crippen LogP contribution is -2.31. The minimum Gasteiger partial charge on any atom is -0.496 e. The highest BCUT2D eigenvalue weighted by atomic mass is 32.2. The van der Waals surface area contributed by atoms with Crippen LogP contribution in [0.1, 0.15) is 36.2 Å². The molecule has 10 heteroatoms. The maximum atomic E-state index is 13.7. The first-order valence-electron chi connectivity index (χ1n) is 13.1. The van der Waals surface area contributed by atoms with Crippen LogP contribution in [-0.2, 0) is 39.7 Å². The van der Waals surface area contributed by atoms with Crippen molar-refractivity contribution in [3.63, 3.8) is 0 Å². The summed E-state index contributed by atoms with van der Waals surface area (Å²) in [5.74, 6) is 0.177. The Morgan fingerprint density at radius 3 is 2.37 bits per heavy atom. The summed E-state index contributed by atoms with van der Waals surface area (Å²) in [6.45, 7) is 4.11. The number of pyridine rings is 2. The summed E-state index contributed by atoms with van der Waals surface area (Å²) in [5, 5.41) is 11.6. The highest BCUT2D eigenvalue weighted by Crippen LogP contribution is 2.32. The van der Waals surface area contributed by atoms with Crippen LogP contribution in [-0.4, -0.2) is 47.4 Å². The fourth-order valence-electron chi connectivity index (χ4n) is 4.56. The highest BCUT2D eigenvalue weighted by Gasteiger charge is 2.27. The van der Waals surface area contributed by atoms with Crippen molar-refractivity contribution < 1.29 is 23.1 Å². The number of nitrogens with one attached hydrogen (secondary N) is 1. The molecule has 0 radical (unpaired) electrons. The number of aromatic nitrogens is 2. The number of hydrogen-bond donors (Lipinski definition) is 2. The van der Waals surface area contributed by atoms with Crippen LogP contribution in [0.15, 0.2) is 96.2 Å². The van der Waals surface area contributed by atoms with Gasteiger partial charge < -0.3 is 15.2 Å². The molecule has 0 saturated carbocycles. The number of aliphatic carboxylic acids is 1. The van der Waals surface area contributed by atoms with Gasteiger partial charge in [-0.25, -0.2) is 18.4 Å². The Hall–Kier alpha value is -4.28. The van der Waals surface area contributed by atoms with E-state index >= 15 is 0 Å². The maximum Gasteiger partial charge on any atom is 0.322 e. The molecular formula is C31H34N4O5S. The van der Waals surface area contributed by atoms with Gasteiger partial charge in [0.05, 0.1) is 19.3 Å². The molecule has 0 saturated heterocycles. The smallest absolute Gasteiger partial charge is 0.322 e. The van der Waals surface area contributed by atoms with Crippen LogP contribution in [0.3, 0.4) is 0 Å². The second-order valence-corrected chi connectivity index (χ2v) is 12.2. The number of sulfonamides is 1. The number of anilines is 1. The fraction of sp³-hybridized carbons (Fsp3) is 0.258. The van der Waals surface area contributed by atoms with E-state index in [1.807, 2.05) is 42.5 Å². The molecule has 2 N–H and O–H groups in total. The third-order valence-electron chi connectivity index (χ3n) is 6.73. The summed E-state index contributed by atoms with van der Waals surface area (Å²) in [5.41, 5.74) is 3.31. The van der Waals surface area contributed by atoms with Crippen LogP contribution < -0.4 is 10.1 Å². The number of ether oxygens (including phenoxy) is 1. The number of para-hydroxylation sites is 1. The lowest BCUT2D eigenvalue weighted by atomic mass is 9.79. The van der Waals surface area contributed by atoms with Gasteiger partial charge in [-0.1, -0.05) is 68.4 Å². The standard InChI is InChI=1S/C31H34N4O5S/c1-31(2,19-24-9-4-5-11-27(24)40-3)25-16-14-23(15-17-25)21-35(41(38,39)29-13-6-7-18-32-29)22-26-10-8-12-28(34-26)33-20-30(36)37/h4-18H,19-22H2,1-3H3,(H,33,34)(H,36,37). The number of hydrogen-bond acceptors (Lipinski definition) is 7. The number of methoxy groups -OCH3 is 1. The van der Waals surface area contributed by atoms with Gasteiger partial charge in [0.25, 0.3) is 10.0 Å². The number of carboxylic acids is 1. The topological polar surface area (TPSA) is 122 Å². The van der Waals surface area contributed by atoms with Crippen LogP contribution in [0.2, 0.25) is 0 Å². The largest absolute Gasteiger partial charge is 0.496 e. The quantitative estimate of drug-likeness (QED) is 0.231. The summed E-state index contributed by atoms with van der Waals surface area (Å²) in [6.07, 6.45) is 2.22. The molecule has 0 spiro atoms. The maximum absolute atomic E-state index is 13.7. The Morgan fingerprint density at radius 2 is 1.68 bits per heavy atom. The lowest BCUT2D eigenvalue weighted by Gasteiger charge is -2.27. The fourth-order valence-corrected chi connectivity index (χ4v) is 5.89. The first-order valence-corrected chi connectivity index (χ1v) is 14.6. The second-order valence-electron chi connectivity index (χ2n) is 10.3. The molecule has 0 fully saturated rings. The van der Waals surface area contributed by atoms with E-state index in [0.29, 0.717) is 11.5 Å². The number of benzene rings is 2. The van der Waals surface area contributed by atoms with Gasteiger partial charge in [0.2, 0.25) is 0 Å². The number of carbonyl (C=O) groups is 1. The molecule has 214 valence electrons. The third kappa shape index (κ3) is 7.68. The van der Waals surface area contributed by atoms with E-state index in [1.54, 1.807) is 37.4 Å². The lowest BCUT2D eigenvalue weighted by molar-refractivity contribution is -0.134. The SMILES string of the molecule is COc1ccccc1CC(C)(C)c1ccc(CN(Cc2cccc(NCC(=O)O)n2)S(=O)(=O)c2ccccn2)cc1. The highest BCUT2D eigenvalue weighted by molar-refractivity contribution is 7.89. The van der Waals surface area contributed by atoms with Gasteiger partial charge in [-0.05, 0) is 58.9 Å². The number of carboxylic acid groups (broad SMARTS) is 1. The molecule has 9 nitrogen and oxygen atoms in total. The van der Waals surface area contributed by atoms with Gasteiger partial charge in [0.1, 0.15) is 18.1 Å². The number of nitrogens with zero attached hydrogens (tertiary/aromatic N) is 3. The van der Waals surface area contributed by atoms with Crippen molar-refractivity contribution in [3.05, 3.63) is 114 Å². The van der Waals surface area contributed by atoms with Crippen molar-refractivity contribution >= 4 is 21.8 Å². The van der Waals surface area contributed by atoms with Crippen molar-refractivity contribution in [1.29, 1.82) is 0 Å². The molecule has 0 bridgehead atoms. The Morgan fingerprint density at radius 1 is 0.951 bits per heavy atom. The average Bonchev–Trinajstić information content (AvgIpc) is 2.97. The minimum atomic E-state index is -3.97. The second kappa shape index (κ2) is 12.9. The summed E-state index contributed by atoms with van der Waals surface area (Å²) >= 11 is 0. The summed E-state index contributed by atoms with van der Waals surface area (Å²) < 4.78 is 34.2. The van der Waals surface area contributed by atoms with E-state index in [9.17, 15) is 13.2 Å². The number of rotatable bonds is 13. The van der Waals surface area contributed by atoms with E-state index in [1.165, 1.54) is 16.6 Å². The summed E-state index contributed by atoms with van der Waals surface area (Å²) in [7, 11) is -2.30. The van der Waals surface area contributed by atoms with E-state index in [2.05, 4.69) is 35.2 Å². The molecule has 0 aliphatic carbocycles. The van der Waals surface area contributed by atoms with E-state index in [0.717, 1.165) is 28.9 Å². The molecule has 0 amide bonds. The van der Waals surface area contributed by atoms with Gasteiger partial charge >= 0.3 is 5.97 Å². The predicted octanol–water partition coefficient (Wildman–Crippen LogP) is 4.89. The first-order chi connectivity index (χ1) is 19.6. The van der Waals surface area contributed by atoms with E-state index in [4.69, 9.17) is 9.84 Å². The van der Waals surface area contributed by atoms with Gasteiger partial charge in [0, 0.05) is 12.7 Å². The molecular weight excluding hydrogens is 540 g/mol. The molecule has 0 atom stereocenters. The monoisotopic (exact) mass is 574 g/mol. The molecule has 2 aromatic heterocycles. The van der Waals surface area contributed by atoms with Crippen LogP contribution in [0.25, 0.3) is 0 Å². The molecule has 2 aromatic carbocycles. The van der Waals surface area contributed by atoms with Crippen LogP contribution >= 0.6 is 0 Å². The van der Waals surface area contributed by atoms with Crippen molar-refractivity contribution in [2.24, 2.45) is 0 Å². The summed E-state index contributed by atoms with van der Waals surface area (Å²) in [4.78, 5) is 19.4. The van der Waals surface area contributed by atoms with Crippen LogP contribution in [0, 0.1) is 0 Å². The molecule has 4 aromatic rings. The van der Waals surface area contributed by atoms with Crippen molar-refractivity contribution in [1.82, 2.24) is 14.3 Å². The Labute approximate surface area is 240 Å². The van der Waals surface area contributed by atoms with Crippen LogP contribution in [0.5, 0.6) is 5.75 Å². The minimum absolute atomic E-state index is 0.0253. The Bertz CT molecular complexity index is 1580. The average molecular weight is 575 g/mol. The third-order valence-corrected chi connectivity index (χ3v) is 8.44. The van der Waals surface area contributed by atoms with Crippen molar-refractivity contribution in [2.45, 2.75) is 43.8 Å². The molecule has 0 unspecified atom stereocenters. The predicted molar refractivity (Wildman–Crippen MR) is 157 cm³/mol. The van der Waals surface area contributed by atoms with Gasteiger partial charge in [-0.2, -0.15) is 4.31 Å². The zero-order chi connectivity index (χ0) is 29.5. The van der Waals surface area contributed by atoms with Gasteiger partial charge in [-0.3, -0.25) is 4.79 Å². The zero-order valence-electron chi connectivity index (χ0n) is 23.3. The first kappa shape index (κ1) is 29.7. The zero-order valence-corrected chi connectivity index (χ0v) is 24.1. The van der Waals surface area contributed by atoms with Crippen molar-refractivity contribution in [3.8, 4) is 5.75 Å². The molecule has 0 aliphatic rings. The van der Waals surface area contributed by atoms with Crippen LogP contribution in [0.4, 0.5) is 5.82 Å². The van der Waals surface area contributed by atoms with Gasteiger partial charge in [-0.15, -0.1) is 0 Å². The molecule has 41 heavy (non-hydrogen) atoms. The van der Waals surface area contributed by atoms with E-state index in [-0.39, 0.29) is 30.1 Å². The van der Waals surface area contributed by atoms with Crippen molar-refractivity contribution in [2.75, 3.05) is 19.0 Å². The Kier molecular flexibility index (Phi) is 9.36. The molecule has 0 aliphatic heterocycles. The normalized spacial score (nSPS) is 11.8. The molecule has 2 heterocycles. The molecule has 4 rings (SSSR count). The summed E-state index contributed by atoms with van der Waals surface area (Å²) in [6, 6.07) is 25.7.